The highest BCUT2D eigenvalue weighted by Crippen LogP contribution is 2.05. The summed E-state index contributed by atoms with van der Waals surface area (Å²) in [5, 5.41) is 12.2. The molecule has 0 saturated carbocycles. The summed E-state index contributed by atoms with van der Waals surface area (Å²) in [5.74, 6) is 0. The van der Waals surface area contributed by atoms with Gasteiger partial charge in [0.1, 0.15) is 5.52 Å². The van der Waals surface area contributed by atoms with E-state index >= 15 is 0 Å². The summed E-state index contributed by atoms with van der Waals surface area (Å²) < 4.78 is 1.48. The van der Waals surface area contributed by atoms with E-state index in [1.54, 1.807) is 6.07 Å². The number of hydrogen-bond donors (Lipinski definition) is 1. The van der Waals surface area contributed by atoms with E-state index in [1.807, 2.05) is 18.2 Å². The number of nitrogens with zero attached hydrogens (tertiary/aromatic N) is 3. The molecule has 0 amide bonds. The monoisotopic (exact) mass is 288 g/mol. The minimum absolute atomic E-state index is 0.0437. The fourth-order valence-electron chi connectivity index (χ4n) is 2.37. The maximum absolute atomic E-state index is 12.2. The molecule has 1 N–H and O–H groups in total. The highest BCUT2D eigenvalue weighted by molar-refractivity contribution is 5.76. The lowest BCUT2D eigenvalue weighted by atomic mass is 10.1. The van der Waals surface area contributed by atoms with Crippen LogP contribution in [-0.4, -0.2) is 27.6 Å². The Labute approximate surface area is 125 Å². The van der Waals surface area contributed by atoms with Gasteiger partial charge in [0.25, 0.3) is 5.56 Å². The average molecular weight is 288 g/mol. The molecule has 2 rings (SSSR count). The lowest BCUT2D eigenvalue weighted by molar-refractivity contribution is 0.454. The van der Waals surface area contributed by atoms with Crippen molar-refractivity contribution in [3.8, 4) is 0 Å². The zero-order valence-corrected chi connectivity index (χ0v) is 12.9. The molecular formula is C16H24N4O. The topological polar surface area (TPSA) is 59.8 Å². The number of nitrogens with one attached hydrogen (secondary N) is 1. The van der Waals surface area contributed by atoms with Crippen molar-refractivity contribution in [1.82, 2.24) is 20.3 Å². The van der Waals surface area contributed by atoms with Gasteiger partial charge in [-0.05, 0) is 44.9 Å². The van der Waals surface area contributed by atoms with E-state index in [9.17, 15) is 4.79 Å². The first kappa shape index (κ1) is 15.6. The average Bonchev–Trinajstić information content (AvgIpc) is 2.51. The van der Waals surface area contributed by atoms with Crippen LogP contribution in [0.3, 0.4) is 0 Å². The number of fused-ring (bicyclic) bond motifs is 1. The fourth-order valence-corrected chi connectivity index (χ4v) is 2.37. The van der Waals surface area contributed by atoms with Crippen molar-refractivity contribution in [3.63, 3.8) is 0 Å². The van der Waals surface area contributed by atoms with Gasteiger partial charge in [0.15, 0.2) is 0 Å². The third-order valence-electron chi connectivity index (χ3n) is 3.63. The SMILES string of the molecule is CCCNC(C)CCCCn1nnc2ccccc2c1=O. The van der Waals surface area contributed by atoms with Crippen LogP contribution in [0.2, 0.25) is 0 Å². The van der Waals surface area contributed by atoms with Crippen LogP contribution in [-0.2, 0) is 6.54 Å². The van der Waals surface area contributed by atoms with Gasteiger partial charge in [0.2, 0.25) is 0 Å². The van der Waals surface area contributed by atoms with Gasteiger partial charge in [-0.2, -0.15) is 0 Å². The summed E-state index contributed by atoms with van der Waals surface area (Å²) in [4.78, 5) is 12.2. The minimum atomic E-state index is -0.0437. The smallest absolute Gasteiger partial charge is 0.277 e. The van der Waals surface area contributed by atoms with Gasteiger partial charge in [-0.25, -0.2) is 4.68 Å². The molecule has 1 aromatic heterocycles. The predicted octanol–water partition coefficient (Wildman–Crippen LogP) is 2.35. The van der Waals surface area contributed by atoms with Crippen LogP contribution >= 0.6 is 0 Å². The van der Waals surface area contributed by atoms with Crippen molar-refractivity contribution >= 4 is 10.9 Å². The van der Waals surface area contributed by atoms with Crippen molar-refractivity contribution in [2.75, 3.05) is 6.54 Å². The van der Waals surface area contributed by atoms with E-state index in [1.165, 1.54) is 4.68 Å². The molecule has 1 unspecified atom stereocenters. The number of aromatic nitrogens is 3. The minimum Gasteiger partial charge on any atom is -0.314 e. The molecule has 0 aliphatic heterocycles. The third kappa shape index (κ3) is 4.36. The fraction of sp³-hybridized carbons (Fsp3) is 0.562. The Morgan fingerprint density at radius 1 is 1.29 bits per heavy atom. The van der Waals surface area contributed by atoms with Gasteiger partial charge in [-0.15, -0.1) is 5.10 Å². The summed E-state index contributed by atoms with van der Waals surface area (Å²) in [6, 6.07) is 7.88. The van der Waals surface area contributed by atoms with Crippen LogP contribution in [0.1, 0.15) is 39.5 Å². The second kappa shape index (κ2) is 7.88. The lowest BCUT2D eigenvalue weighted by Crippen LogP contribution is -2.27. The zero-order valence-electron chi connectivity index (χ0n) is 12.9. The van der Waals surface area contributed by atoms with Gasteiger partial charge in [-0.1, -0.05) is 30.7 Å². The highest BCUT2D eigenvalue weighted by Gasteiger charge is 2.05. The molecule has 0 saturated heterocycles. The molecule has 1 heterocycles. The number of hydrogen-bond acceptors (Lipinski definition) is 4. The van der Waals surface area contributed by atoms with Crippen molar-refractivity contribution < 1.29 is 0 Å². The Kier molecular flexibility index (Phi) is 5.87. The Balaban J connectivity index is 1.87. The van der Waals surface area contributed by atoms with E-state index < -0.39 is 0 Å². The van der Waals surface area contributed by atoms with Crippen LogP contribution < -0.4 is 10.9 Å². The Morgan fingerprint density at radius 3 is 2.90 bits per heavy atom. The molecule has 1 aromatic carbocycles. The molecule has 0 spiro atoms. The van der Waals surface area contributed by atoms with E-state index in [0.717, 1.165) is 32.2 Å². The van der Waals surface area contributed by atoms with Gasteiger partial charge in [0.05, 0.1) is 5.39 Å². The van der Waals surface area contributed by atoms with Crippen molar-refractivity contribution in [2.24, 2.45) is 0 Å². The van der Waals surface area contributed by atoms with Gasteiger partial charge < -0.3 is 5.32 Å². The third-order valence-corrected chi connectivity index (χ3v) is 3.63. The largest absolute Gasteiger partial charge is 0.314 e. The number of benzene rings is 1. The molecule has 0 aliphatic rings. The second-order valence-corrected chi connectivity index (χ2v) is 5.49. The van der Waals surface area contributed by atoms with Crippen molar-refractivity contribution in [3.05, 3.63) is 34.6 Å². The molecule has 114 valence electrons. The van der Waals surface area contributed by atoms with Gasteiger partial charge in [0, 0.05) is 12.6 Å². The van der Waals surface area contributed by atoms with Crippen molar-refractivity contribution in [2.45, 2.75) is 52.1 Å². The van der Waals surface area contributed by atoms with Crippen LogP contribution in [0.15, 0.2) is 29.1 Å². The highest BCUT2D eigenvalue weighted by atomic mass is 16.1. The van der Waals surface area contributed by atoms with Crippen LogP contribution in [0.25, 0.3) is 10.9 Å². The summed E-state index contributed by atoms with van der Waals surface area (Å²) in [7, 11) is 0. The molecule has 5 heteroatoms. The van der Waals surface area contributed by atoms with Gasteiger partial charge in [-0.3, -0.25) is 4.79 Å². The standard InChI is InChI=1S/C16H24N4O/c1-3-11-17-13(2)8-6-7-12-20-16(21)14-9-4-5-10-15(14)18-19-20/h4-5,9-10,13,17H,3,6-8,11-12H2,1-2H3. The zero-order chi connectivity index (χ0) is 15.1. The Hall–Kier alpha value is -1.75. The predicted molar refractivity (Wildman–Crippen MR) is 85.4 cm³/mol. The second-order valence-electron chi connectivity index (χ2n) is 5.49. The van der Waals surface area contributed by atoms with E-state index in [4.69, 9.17) is 0 Å². The first-order chi connectivity index (χ1) is 10.2. The van der Waals surface area contributed by atoms with Crippen LogP contribution in [0.4, 0.5) is 0 Å². The number of aryl methyl sites for hydroxylation is 1. The van der Waals surface area contributed by atoms with E-state index in [-0.39, 0.29) is 5.56 Å². The quantitative estimate of drug-likeness (QED) is 0.758. The summed E-state index contributed by atoms with van der Waals surface area (Å²) in [5.41, 5.74) is 0.619. The first-order valence-corrected chi connectivity index (χ1v) is 7.78. The molecule has 0 bridgehead atoms. The maximum atomic E-state index is 12.2. The molecule has 0 fully saturated rings. The number of unbranched alkanes of at least 4 members (excludes halogenated alkanes) is 1. The molecule has 5 nitrogen and oxygen atoms in total. The summed E-state index contributed by atoms with van der Waals surface area (Å²) >= 11 is 0. The molecular weight excluding hydrogens is 264 g/mol. The lowest BCUT2D eigenvalue weighted by Gasteiger charge is -2.12. The first-order valence-electron chi connectivity index (χ1n) is 7.78. The molecule has 0 radical (unpaired) electrons. The Bertz CT molecular complexity index is 623. The van der Waals surface area contributed by atoms with Crippen LogP contribution in [0.5, 0.6) is 0 Å². The summed E-state index contributed by atoms with van der Waals surface area (Å²) in [6.45, 7) is 6.08. The molecule has 0 aliphatic carbocycles. The molecule has 2 aromatic rings. The normalized spacial score (nSPS) is 12.7. The van der Waals surface area contributed by atoms with E-state index in [0.29, 0.717) is 23.5 Å². The van der Waals surface area contributed by atoms with Crippen LogP contribution in [0, 0.1) is 0 Å². The molecule has 21 heavy (non-hydrogen) atoms. The summed E-state index contributed by atoms with van der Waals surface area (Å²) in [6.07, 6.45) is 4.31. The molecule has 1 atom stereocenters. The van der Waals surface area contributed by atoms with Crippen molar-refractivity contribution in [1.29, 1.82) is 0 Å². The maximum Gasteiger partial charge on any atom is 0.277 e. The van der Waals surface area contributed by atoms with E-state index in [2.05, 4.69) is 29.5 Å². The number of rotatable bonds is 8. The van der Waals surface area contributed by atoms with Gasteiger partial charge >= 0.3 is 0 Å². The Morgan fingerprint density at radius 2 is 2.10 bits per heavy atom.